The molecule has 0 aromatic carbocycles. The van der Waals surface area contributed by atoms with E-state index in [-0.39, 0.29) is 12.8 Å². The number of phosphoric ester groups is 1. The van der Waals surface area contributed by atoms with E-state index < -0.39 is 57.6 Å². The molecule has 3 unspecified atom stereocenters. The van der Waals surface area contributed by atoms with E-state index >= 15 is 0 Å². The van der Waals surface area contributed by atoms with Gasteiger partial charge in [0.25, 0.3) is 0 Å². The fourth-order valence-corrected chi connectivity index (χ4v) is 6.07. The fraction of sp³-hybridized carbons (Fsp3) is 0.698. The molecule has 0 saturated heterocycles. The van der Waals surface area contributed by atoms with E-state index in [0.717, 1.165) is 77.0 Å². The summed E-state index contributed by atoms with van der Waals surface area (Å²) in [7, 11) is -4.77. The number of unbranched alkanes of at least 4 members (excludes halogenated alkanes) is 14. The number of aliphatic carboxylic acids is 1. The van der Waals surface area contributed by atoms with Gasteiger partial charge >= 0.3 is 19.8 Å². The summed E-state index contributed by atoms with van der Waals surface area (Å²) in [6, 6.07) is -1.57. The molecule has 0 rings (SSSR count). The molecule has 0 aromatic heterocycles. The Morgan fingerprint density at radius 1 is 0.600 bits per heavy atom. The lowest BCUT2D eigenvalue weighted by molar-refractivity contribution is -0.147. The number of esters is 1. The van der Waals surface area contributed by atoms with Crippen molar-refractivity contribution in [3.8, 4) is 0 Å². The Hall–Kier alpha value is -2.82. The average molecular weight is 796 g/mol. The van der Waals surface area contributed by atoms with Gasteiger partial charge in [0, 0.05) is 12.8 Å². The maximum Gasteiger partial charge on any atom is 0.472 e. The van der Waals surface area contributed by atoms with Crippen LogP contribution in [0.5, 0.6) is 0 Å². The molecule has 0 heterocycles. The fourth-order valence-electron chi connectivity index (χ4n) is 5.30. The first-order valence-electron chi connectivity index (χ1n) is 20.8. The van der Waals surface area contributed by atoms with Gasteiger partial charge in [-0.2, -0.15) is 0 Å². The molecule has 0 aliphatic carbocycles. The van der Waals surface area contributed by atoms with Gasteiger partial charge < -0.3 is 25.2 Å². The largest absolute Gasteiger partial charge is 0.480 e. The molecule has 0 aliphatic heterocycles. The third kappa shape index (κ3) is 37.9. The van der Waals surface area contributed by atoms with Gasteiger partial charge in [-0.15, -0.1) is 0 Å². The molecule has 0 fully saturated rings. The molecule has 12 heteroatoms. The standard InChI is InChI=1S/C43H74NO10P/c1-3-5-7-9-11-13-15-17-19-21-23-25-27-29-31-33-35-42(47)52-36-39(45)37-53-55(50,51)54-38-40(43(48)49)44-41(46)34-32-30-28-26-24-22-20-18-16-14-12-10-8-6-4-2/h6,8,12,14,18-21,24,26,39-40,45H,3-5,7,9-11,13,15-17,22-23,25,27-38H2,1-2H3,(H,44,46)(H,48,49)(H,50,51)/b8-6-,14-12-,20-18-,21-19-,26-24-. The summed E-state index contributed by atoms with van der Waals surface area (Å²) in [6.45, 7) is 2.42. The maximum absolute atomic E-state index is 12.3. The first-order chi connectivity index (χ1) is 26.6. The number of carbonyl (C=O) groups excluding carboxylic acids is 2. The maximum atomic E-state index is 12.3. The molecule has 0 spiro atoms. The van der Waals surface area contributed by atoms with E-state index in [0.29, 0.717) is 12.8 Å². The quantitative estimate of drug-likeness (QED) is 0.0204. The first kappa shape index (κ1) is 52.2. The second-order valence-electron chi connectivity index (χ2n) is 13.8. The Morgan fingerprint density at radius 2 is 1.05 bits per heavy atom. The number of amides is 1. The number of carbonyl (C=O) groups is 3. The van der Waals surface area contributed by atoms with Crippen LogP contribution in [0.2, 0.25) is 0 Å². The van der Waals surface area contributed by atoms with Crippen LogP contribution in [0.3, 0.4) is 0 Å². The lowest BCUT2D eigenvalue weighted by Gasteiger charge is -2.18. The molecule has 0 bridgehead atoms. The second kappa shape index (κ2) is 38.1. The Kier molecular flexibility index (Phi) is 36.1. The summed E-state index contributed by atoms with van der Waals surface area (Å²) in [4.78, 5) is 45.8. The number of aliphatic hydroxyl groups is 1. The molecule has 0 saturated carbocycles. The van der Waals surface area contributed by atoms with Gasteiger partial charge in [-0.05, 0) is 77.0 Å². The smallest absolute Gasteiger partial charge is 0.472 e. The summed E-state index contributed by atoms with van der Waals surface area (Å²) in [5.41, 5.74) is 0. The molecular weight excluding hydrogens is 721 g/mol. The highest BCUT2D eigenvalue weighted by molar-refractivity contribution is 7.47. The summed E-state index contributed by atoms with van der Waals surface area (Å²) < 4.78 is 26.8. The van der Waals surface area contributed by atoms with E-state index in [1.165, 1.54) is 44.9 Å². The van der Waals surface area contributed by atoms with Crippen molar-refractivity contribution < 1.29 is 47.8 Å². The summed E-state index contributed by atoms with van der Waals surface area (Å²) in [5.74, 6) is -2.45. The van der Waals surface area contributed by atoms with Crippen LogP contribution in [0.1, 0.15) is 162 Å². The minimum Gasteiger partial charge on any atom is -0.480 e. The Labute approximate surface area is 332 Å². The molecule has 3 atom stereocenters. The Morgan fingerprint density at radius 3 is 1.62 bits per heavy atom. The molecule has 55 heavy (non-hydrogen) atoms. The van der Waals surface area contributed by atoms with E-state index in [1.54, 1.807) is 0 Å². The monoisotopic (exact) mass is 796 g/mol. The number of ether oxygens (including phenoxy) is 1. The van der Waals surface area contributed by atoms with Gasteiger partial charge in [0.2, 0.25) is 5.91 Å². The summed E-state index contributed by atoms with van der Waals surface area (Å²) in [6.07, 6.45) is 42.5. The third-order valence-corrected chi connectivity index (χ3v) is 9.49. The molecule has 316 valence electrons. The number of carboxylic acids is 1. The van der Waals surface area contributed by atoms with Crippen LogP contribution in [-0.4, -0.2) is 64.9 Å². The SMILES string of the molecule is CC/C=C\C/C=C\C/C=C\C/C=C\CCCCC(=O)NC(COP(=O)(O)OCC(O)COC(=O)CCCCCCC/C=C\CCCCCCCCC)C(=O)O. The second-order valence-corrected chi connectivity index (χ2v) is 15.2. The Bertz CT molecular complexity index is 1170. The van der Waals surface area contributed by atoms with Crippen molar-refractivity contribution in [2.75, 3.05) is 19.8 Å². The summed E-state index contributed by atoms with van der Waals surface area (Å²) in [5, 5.41) is 21.8. The lowest BCUT2D eigenvalue weighted by atomic mass is 10.1. The number of hydrogen-bond acceptors (Lipinski definition) is 8. The van der Waals surface area contributed by atoms with E-state index in [4.69, 9.17) is 13.8 Å². The minimum atomic E-state index is -4.77. The highest BCUT2D eigenvalue weighted by atomic mass is 31.2. The Balaban J connectivity index is 4.00. The first-order valence-corrected chi connectivity index (χ1v) is 22.3. The highest BCUT2D eigenvalue weighted by Crippen LogP contribution is 2.43. The zero-order valence-electron chi connectivity index (χ0n) is 34.0. The van der Waals surface area contributed by atoms with Gasteiger partial charge in [0.1, 0.15) is 12.7 Å². The van der Waals surface area contributed by atoms with Gasteiger partial charge in [0.05, 0.1) is 13.2 Å². The van der Waals surface area contributed by atoms with Crippen LogP contribution in [-0.2, 0) is 32.7 Å². The minimum absolute atomic E-state index is 0.0901. The molecule has 0 aliphatic rings. The molecular formula is C43H74NO10P. The summed E-state index contributed by atoms with van der Waals surface area (Å²) >= 11 is 0. The number of phosphoric acid groups is 1. The highest BCUT2D eigenvalue weighted by Gasteiger charge is 2.28. The van der Waals surface area contributed by atoms with Gasteiger partial charge in [-0.25, -0.2) is 9.36 Å². The average Bonchev–Trinajstić information content (AvgIpc) is 3.16. The molecule has 1 amide bonds. The normalized spacial score (nSPS) is 14.4. The van der Waals surface area contributed by atoms with E-state index in [9.17, 15) is 34.1 Å². The van der Waals surface area contributed by atoms with Crippen LogP contribution in [0.15, 0.2) is 60.8 Å². The molecule has 0 radical (unpaired) electrons. The van der Waals surface area contributed by atoms with Crippen LogP contribution in [0, 0.1) is 0 Å². The van der Waals surface area contributed by atoms with Crippen LogP contribution < -0.4 is 5.32 Å². The number of aliphatic hydroxyl groups excluding tert-OH is 1. The zero-order chi connectivity index (χ0) is 40.7. The predicted molar refractivity (Wildman–Crippen MR) is 222 cm³/mol. The predicted octanol–water partition coefficient (Wildman–Crippen LogP) is 10.4. The van der Waals surface area contributed by atoms with E-state index in [1.807, 2.05) is 6.08 Å². The number of allylic oxidation sites excluding steroid dienone is 10. The zero-order valence-corrected chi connectivity index (χ0v) is 34.9. The lowest BCUT2D eigenvalue weighted by Crippen LogP contribution is -2.43. The van der Waals surface area contributed by atoms with Crippen molar-refractivity contribution in [1.82, 2.24) is 5.32 Å². The number of hydrogen-bond donors (Lipinski definition) is 4. The molecule has 0 aromatic rings. The van der Waals surface area contributed by atoms with Crippen molar-refractivity contribution >= 4 is 25.7 Å². The number of rotatable bonds is 38. The van der Waals surface area contributed by atoms with Crippen molar-refractivity contribution in [3.05, 3.63) is 60.8 Å². The number of nitrogens with one attached hydrogen (secondary N) is 1. The van der Waals surface area contributed by atoms with E-state index in [2.05, 4.69) is 73.8 Å². The van der Waals surface area contributed by atoms with Crippen LogP contribution in [0.25, 0.3) is 0 Å². The number of carboxylic acid groups (broad SMARTS) is 1. The van der Waals surface area contributed by atoms with Gasteiger partial charge in [0.15, 0.2) is 6.04 Å². The van der Waals surface area contributed by atoms with Crippen molar-refractivity contribution in [1.29, 1.82) is 0 Å². The van der Waals surface area contributed by atoms with Crippen LogP contribution >= 0.6 is 7.82 Å². The van der Waals surface area contributed by atoms with Crippen molar-refractivity contribution in [2.24, 2.45) is 0 Å². The third-order valence-electron chi connectivity index (χ3n) is 8.54. The van der Waals surface area contributed by atoms with Crippen LogP contribution in [0.4, 0.5) is 0 Å². The topological polar surface area (TPSA) is 169 Å². The van der Waals surface area contributed by atoms with Gasteiger partial charge in [-0.1, -0.05) is 132 Å². The van der Waals surface area contributed by atoms with Crippen molar-refractivity contribution in [3.63, 3.8) is 0 Å². The molecule has 11 nitrogen and oxygen atoms in total. The van der Waals surface area contributed by atoms with Crippen molar-refractivity contribution in [2.45, 2.75) is 174 Å². The molecule has 4 N–H and O–H groups in total. The van der Waals surface area contributed by atoms with Gasteiger partial charge in [-0.3, -0.25) is 18.6 Å².